The Morgan fingerprint density at radius 2 is 2.08 bits per heavy atom. The molecule has 0 aromatic heterocycles. The Hall–Kier alpha value is -0.890. The SMILES string of the molecule is CC1CC1C(O)c1ccccc1F. The highest BCUT2D eigenvalue weighted by Gasteiger charge is 2.40. The highest BCUT2D eigenvalue weighted by atomic mass is 19.1. The van der Waals surface area contributed by atoms with Crippen molar-refractivity contribution in [2.75, 3.05) is 0 Å². The molecule has 1 aromatic rings. The molecule has 3 unspecified atom stereocenters. The zero-order chi connectivity index (χ0) is 9.42. The number of hydrogen-bond acceptors (Lipinski definition) is 1. The predicted molar refractivity (Wildman–Crippen MR) is 48.6 cm³/mol. The number of aliphatic hydroxyl groups is 1. The molecule has 1 saturated carbocycles. The van der Waals surface area contributed by atoms with E-state index in [-0.39, 0.29) is 11.7 Å². The van der Waals surface area contributed by atoms with E-state index in [1.54, 1.807) is 18.2 Å². The van der Waals surface area contributed by atoms with E-state index in [1.165, 1.54) is 6.07 Å². The Morgan fingerprint density at radius 1 is 1.46 bits per heavy atom. The third-order valence-corrected chi connectivity index (χ3v) is 2.80. The van der Waals surface area contributed by atoms with Crippen LogP contribution >= 0.6 is 0 Å². The molecule has 1 N–H and O–H groups in total. The maximum Gasteiger partial charge on any atom is 0.129 e. The van der Waals surface area contributed by atoms with Crippen LogP contribution < -0.4 is 0 Å². The van der Waals surface area contributed by atoms with Crippen molar-refractivity contribution in [1.29, 1.82) is 0 Å². The zero-order valence-electron chi connectivity index (χ0n) is 7.57. The van der Waals surface area contributed by atoms with Gasteiger partial charge >= 0.3 is 0 Å². The van der Waals surface area contributed by atoms with Crippen molar-refractivity contribution in [3.63, 3.8) is 0 Å². The van der Waals surface area contributed by atoms with Crippen LogP contribution in [-0.4, -0.2) is 5.11 Å². The van der Waals surface area contributed by atoms with Gasteiger partial charge in [-0.3, -0.25) is 0 Å². The Morgan fingerprint density at radius 3 is 2.62 bits per heavy atom. The highest BCUT2D eigenvalue weighted by molar-refractivity contribution is 5.21. The van der Waals surface area contributed by atoms with Gasteiger partial charge in [-0.25, -0.2) is 4.39 Å². The van der Waals surface area contributed by atoms with E-state index in [2.05, 4.69) is 6.92 Å². The fraction of sp³-hybridized carbons (Fsp3) is 0.455. The van der Waals surface area contributed by atoms with Gasteiger partial charge in [-0.15, -0.1) is 0 Å². The summed E-state index contributed by atoms with van der Waals surface area (Å²) < 4.78 is 13.2. The van der Waals surface area contributed by atoms with E-state index >= 15 is 0 Å². The van der Waals surface area contributed by atoms with Crippen LogP contribution in [0, 0.1) is 17.7 Å². The summed E-state index contributed by atoms with van der Waals surface area (Å²) in [7, 11) is 0. The van der Waals surface area contributed by atoms with Crippen molar-refractivity contribution in [2.45, 2.75) is 19.4 Å². The lowest BCUT2D eigenvalue weighted by molar-refractivity contribution is 0.144. The first kappa shape index (κ1) is 8.70. The molecule has 70 valence electrons. The fourth-order valence-electron chi connectivity index (χ4n) is 1.74. The summed E-state index contributed by atoms with van der Waals surface area (Å²) in [5.74, 6) is 0.501. The zero-order valence-corrected chi connectivity index (χ0v) is 7.57. The molecule has 0 radical (unpaired) electrons. The normalized spacial score (nSPS) is 28.5. The summed E-state index contributed by atoms with van der Waals surface area (Å²) in [6.45, 7) is 2.08. The summed E-state index contributed by atoms with van der Waals surface area (Å²) >= 11 is 0. The molecule has 0 heterocycles. The van der Waals surface area contributed by atoms with E-state index in [9.17, 15) is 9.50 Å². The number of halogens is 1. The van der Waals surface area contributed by atoms with Crippen LogP contribution in [0.15, 0.2) is 24.3 Å². The molecule has 0 bridgehead atoms. The van der Waals surface area contributed by atoms with Gasteiger partial charge in [-0.05, 0) is 24.3 Å². The Labute approximate surface area is 77.2 Å². The van der Waals surface area contributed by atoms with E-state index in [1.807, 2.05) is 0 Å². The molecule has 0 aliphatic heterocycles. The van der Waals surface area contributed by atoms with Crippen LogP contribution in [-0.2, 0) is 0 Å². The van der Waals surface area contributed by atoms with Gasteiger partial charge < -0.3 is 5.11 Å². The second kappa shape index (κ2) is 3.11. The lowest BCUT2D eigenvalue weighted by atomic mass is 10.0. The average Bonchev–Trinajstić information content (AvgIpc) is 2.82. The van der Waals surface area contributed by atoms with Crippen LogP contribution in [0.4, 0.5) is 4.39 Å². The third-order valence-electron chi connectivity index (χ3n) is 2.80. The maximum atomic E-state index is 13.2. The molecule has 1 nitrogen and oxygen atoms in total. The number of benzene rings is 1. The molecule has 2 heteroatoms. The molecule has 13 heavy (non-hydrogen) atoms. The lowest BCUT2D eigenvalue weighted by Gasteiger charge is -2.10. The molecule has 1 aliphatic carbocycles. The Bertz CT molecular complexity index is 311. The molecule has 2 rings (SSSR count). The van der Waals surface area contributed by atoms with Crippen LogP contribution in [0.25, 0.3) is 0 Å². The predicted octanol–water partition coefficient (Wildman–Crippen LogP) is 2.52. The summed E-state index contributed by atoms with van der Waals surface area (Å²) in [5.41, 5.74) is 0.442. The number of aliphatic hydroxyl groups excluding tert-OH is 1. The average molecular weight is 180 g/mol. The van der Waals surface area contributed by atoms with Gasteiger partial charge in [0.25, 0.3) is 0 Å². The first-order chi connectivity index (χ1) is 6.20. The quantitative estimate of drug-likeness (QED) is 0.741. The topological polar surface area (TPSA) is 20.2 Å². The van der Waals surface area contributed by atoms with Crippen molar-refractivity contribution in [3.8, 4) is 0 Å². The van der Waals surface area contributed by atoms with Gasteiger partial charge in [0, 0.05) is 5.56 Å². The summed E-state index contributed by atoms with van der Waals surface area (Å²) in [6, 6.07) is 6.45. The van der Waals surface area contributed by atoms with E-state index in [0.29, 0.717) is 11.5 Å². The van der Waals surface area contributed by atoms with Crippen molar-refractivity contribution >= 4 is 0 Å². The molecular weight excluding hydrogens is 167 g/mol. The molecular formula is C11H13FO. The summed E-state index contributed by atoms with van der Waals surface area (Å²) in [5, 5.41) is 9.77. The van der Waals surface area contributed by atoms with E-state index in [0.717, 1.165) is 6.42 Å². The lowest BCUT2D eigenvalue weighted by Crippen LogP contribution is -2.03. The first-order valence-electron chi connectivity index (χ1n) is 4.62. The van der Waals surface area contributed by atoms with Crippen LogP contribution in [0.5, 0.6) is 0 Å². The van der Waals surface area contributed by atoms with Gasteiger partial charge in [0.15, 0.2) is 0 Å². The summed E-state index contributed by atoms with van der Waals surface area (Å²) in [4.78, 5) is 0. The van der Waals surface area contributed by atoms with Gasteiger partial charge in [-0.1, -0.05) is 25.1 Å². The third kappa shape index (κ3) is 1.59. The Balaban J connectivity index is 2.20. The van der Waals surface area contributed by atoms with E-state index in [4.69, 9.17) is 0 Å². The molecule has 1 fully saturated rings. The highest BCUT2D eigenvalue weighted by Crippen LogP contribution is 2.47. The molecule has 0 saturated heterocycles. The Kier molecular flexibility index (Phi) is 2.08. The van der Waals surface area contributed by atoms with Crippen LogP contribution in [0.2, 0.25) is 0 Å². The van der Waals surface area contributed by atoms with Crippen molar-refractivity contribution in [2.24, 2.45) is 11.8 Å². The molecule has 0 spiro atoms. The van der Waals surface area contributed by atoms with Crippen molar-refractivity contribution in [3.05, 3.63) is 35.6 Å². The standard InChI is InChI=1S/C11H13FO/c1-7-6-9(7)11(13)8-4-2-3-5-10(8)12/h2-5,7,9,11,13H,6H2,1H3. The molecule has 1 aromatic carbocycles. The second-order valence-electron chi connectivity index (χ2n) is 3.84. The number of rotatable bonds is 2. The number of hydrogen-bond donors (Lipinski definition) is 1. The molecule has 1 aliphatic rings. The minimum absolute atomic E-state index is 0.261. The fourth-order valence-corrected chi connectivity index (χ4v) is 1.74. The second-order valence-corrected chi connectivity index (χ2v) is 3.84. The monoisotopic (exact) mass is 180 g/mol. The molecule has 3 atom stereocenters. The molecule has 0 amide bonds. The van der Waals surface area contributed by atoms with Crippen LogP contribution in [0.1, 0.15) is 25.0 Å². The first-order valence-corrected chi connectivity index (χ1v) is 4.62. The van der Waals surface area contributed by atoms with E-state index < -0.39 is 6.10 Å². The minimum Gasteiger partial charge on any atom is -0.388 e. The maximum absolute atomic E-state index is 13.2. The van der Waals surface area contributed by atoms with Gasteiger partial charge in [-0.2, -0.15) is 0 Å². The van der Waals surface area contributed by atoms with Gasteiger partial charge in [0.2, 0.25) is 0 Å². The van der Waals surface area contributed by atoms with Crippen LogP contribution in [0.3, 0.4) is 0 Å². The summed E-state index contributed by atoms with van der Waals surface area (Å²) in [6.07, 6.45) is 0.395. The smallest absolute Gasteiger partial charge is 0.129 e. The van der Waals surface area contributed by atoms with Crippen molar-refractivity contribution in [1.82, 2.24) is 0 Å². The van der Waals surface area contributed by atoms with Crippen molar-refractivity contribution < 1.29 is 9.50 Å². The van der Waals surface area contributed by atoms with Gasteiger partial charge in [0.05, 0.1) is 6.10 Å². The largest absolute Gasteiger partial charge is 0.388 e. The van der Waals surface area contributed by atoms with Gasteiger partial charge in [0.1, 0.15) is 5.82 Å². The minimum atomic E-state index is -0.615.